The van der Waals surface area contributed by atoms with E-state index in [2.05, 4.69) is 20.3 Å². The second-order valence-electron chi connectivity index (χ2n) is 4.17. The Morgan fingerprint density at radius 1 is 1.28 bits per heavy atom. The molecule has 1 unspecified atom stereocenters. The summed E-state index contributed by atoms with van der Waals surface area (Å²) in [7, 11) is 1.65. The highest BCUT2D eigenvalue weighted by molar-refractivity contribution is 5.33. The molecule has 7 heteroatoms. The van der Waals surface area contributed by atoms with E-state index < -0.39 is 0 Å². The molecule has 1 rings (SSSR count). The molecular formula is C11H21N5O2. The lowest BCUT2D eigenvalue weighted by molar-refractivity contribution is 0.184. The molecule has 102 valence electrons. The molecule has 7 nitrogen and oxygen atoms in total. The van der Waals surface area contributed by atoms with Crippen LogP contribution in [0.2, 0.25) is 0 Å². The van der Waals surface area contributed by atoms with Crippen molar-refractivity contribution in [2.75, 3.05) is 24.8 Å². The molecule has 1 aromatic rings. The topological polar surface area (TPSA) is 95.2 Å². The van der Waals surface area contributed by atoms with E-state index in [0.717, 1.165) is 6.42 Å². The average Bonchev–Trinajstić information content (AvgIpc) is 2.26. The monoisotopic (exact) mass is 255 g/mol. The Balaban J connectivity index is 2.78. The number of nitrogens with two attached hydrogens (primary N) is 1. The number of hydrogen-bond acceptors (Lipinski definition) is 7. The summed E-state index contributed by atoms with van der Waals surface area (Å²) < 4.78 is 10.5. The highest BCUT2D eigenvalue weighted by Gasteiger charge is 2.11. The Morgan fingerprint density at radius 3 is 2.56 bits per heavy atom. The Morgan fingerprint density at radius 2 is 2.00 bits per heavy atom. The number of rotatable bonds is 7. The van der Waals surface area contributed by atoms with Crippen LogP contribution >= 0.6 is 0 Å². The van der Waals surface area contributed by atoms with Crippen molar-refractivity contribution in [3.05, 3.63) is 0 Å². The van der Waals surface area contributed by atoms with Crippen LogP contribution in [0.15, 0.2) is 0 Å². The van der Waals surface area contributed by atoms with Crippen LogP contribution in [-0.4, -0.2) is 40.8 Å². The van der Waals surface area contributed by atoms with Crippen LogP contribution in [0.3, 0.4) is 0 Å². The molecule has 1 aromatic heterocycles. The zero-order chi connectivity index (χ0) is 13.5. The van der Waals surface area contributed by atoms with E-state index in [1.807, 2.05) is 20.8 Å². The van der Waals surface area contributed by atoms with Crippen LogP contribution in [0.1, 0.15) is 27.2 Å². The predicted molar refractivity (Wildman–Crippen MR) is 69.6 cm³/mol. The van der Waals surface area contributed by atoms with Gasteiger partial charge in [-0.1, -0.05) is 6.92 Å². The van der Waals surface area contributed by atoms with E-state index in [1.165, 1.54) is 0 Å². The lowest BCUT2D eigenvalue weighted by Gasteiger charge is -2.16. The third kappa shape index (κ3) is 4.70. The second-order valence-corrected chi connectivity index (χ2v) is 4.17. The molecule has 0 bridgehead atoms. The van der Waals surface area contributed by atoms with Gasteiger partial charge >= 0.3 is 6.01 Å². The van der Waals surface area contributed by atoms with E-state index in [-0.39, 0.29) is 24.1 Å². The molecule has 0 aliphatic heterocycles. The van der Waals surface area contributed by atoms with Gasteiger partial charge in [0, 0.05) is 7.11 Å². The van der Waals surface area contributed by atoms with Gasteiger partial charge in [-0.15, -0.1) is 0 Å². The minimum absolute atomic E-state index is 0.0133. The minimum Gasteiger partial charge on any atom is -0.461 e. The standard InChI is InChI=1S/C11H21N5O2/c1-5-8(6-17-4)13-10-14-9(12)15-11(16-10)18-7(2)3/h7-8H,5-6H2,1-4H3,(H3,12,13,14,15,16). The summed E-state index contributed by atoms with van der Waals surface area (Å²) in [6.45, 7) is 6.41. The van der Waals surface area contributed by atoms with Gasteiger partial charge in [-0.2, -0.15) is 15.0 Å². The average molecular weight is 255 g/mol. The Kier molecular flexibility index (Phi) is 5.57. The first-order chi connectivity index (χ1) is 8.55. The summed E-state index contributed by atoms with van der Waals surface area (Å²) >= 11 is 0. The fraction of sp³-hybridized carbons (Fsp3) is 0.727. The first-order valence-corrected chi connectivity index (χ1v) is 5.98. The van der Waals surface area contributed by atoms with Gasteiger partial charge in [-0.25, -0.2) is 0 Å². The largest absolute Gasteiger partial charge is 0.461 e. The normalized spacial score (nSPS) is 12.5. The van der Waals surface area contributed by atoms with Crippen molar-refractivity contribution in [2.24, 2.45) is 0 Å². The summed E-state index contributed by atoms with van der Waals surface area (Å²) in [5.74, 6) is 0.539. The fourth-order valence-electron chi connectivity index (χ4n) is 1.35. The van der Waals surface area contributed by atoms with Crippen LogP contribution in [0, 0.1) is 0 Å². The lowest BCUT2D eigenvalue weighted by Crippen LogP contribution is -2.25. The molecule has 0 fully saturated rings. The van der Waals surface area contributed by atoms with Gasteiger partial charge in [0.15, 0.2) is 0 Å². The van der Waals surface area contributed by atoms with Crippen molar-refractivity contribution >= 4 is 11.9 Å². The van der Waals surface area contributed by atoms with E-state index in [0.29, 0.717) is 12.6 Å². The summed E-state index contributed by atoms with van der Waals surface area (Å²) in [6.07, 6.45) is 0.875. The first kappa shape index (κ1) is 14.4. The van der Waals surface area contributed by atoms with Gasteiger partial charge in [0.05, 0.1) is 18.8 Å². The molecule has 0 spiro atoms. The number of nitrogens with zero attached hydrogens (tertiary/aromatic N) is 3. The summed E-state index contributed by atoms with van der Waals surface area (Å²) in [5.41, 5.74) is 5.61. The SMILES string of the molecule is CCC(COC)Nc1nc(N)nc(OC(C)C)n1. The van der Waals surface area contributed by atoms with E-state index in [1.54, 1.807) is 7.11 Å². The van der Waals surface area contributed by atoms with Crippen molar-refractivity contribution in [1.82, 2.24) is 15.0 Å². The number of hydrogen-bond donors (Lipinski definition) is 2. The molecule has 1 atom stereocenters. The fourth-order valence-corrected chi connectivity index (χ4v) is 1.35. The number of nitrogens with one attached hydrogen (secondary N) is 1. The molecule has 0 aliphatic rings. The maximum absolute atomic E-state index is 5.61. The molecule has 0 saturated heterocycles. The first-order valence-electron chi connectivity index (χ1n) is 5.98. The van der Waals surface area contributed by atoms with Crippen molar-refractivity contribution in [1.29, 1.82) is 0 Å². The molecule has 0 saturated carbocycles. The van der Waals surface area contributed by atoms with Crippen LogP contribution < -0.4 is 15.8 Å². The van der Waals surface area contributed by atoms with Crippen molar-refractivity contribution < 1.29 is 9.47 Å². The van der Waals surface area contributed by atoms with E-state index in [9.17, 15) is 0 Å². The number of aromatic nitrogens is 3. The quantitative estimate of drug-likeness (QED) is 0.752. The highest BCUT2D eigenvalue weighted by Crippen LogP contribution is 2.12. The maximum atomic E-state index is 5.61. The molecule has 18 heavy (non-hydrogen) atoms. The maximum Gasteiger partial charge on any atom is 0.323 e. The van der Waals surface area contributed by atoms with E-state index >= 15 is 0 Å². The van der Waals surface area contributed by atoms with Gasteiger partial charge in [0.1, 0.15) is 0 Å². The third-order valence-electron chi connectivity index (χ3n) is 2.17. The van der Waals surface area contributed by atoms with Gasteiger partial charge in [-0.05, 0) is 20.3 Å². The van der Waals surface area contributed by atoms with Crippen LogP contribution in [0.25, 0.3) is 0 Å². The zero-order valence-corrected chi connectivity index (χ0v) is 11.3. The van der Waals surface area contributed by atoms with Crippen molar-refractivity contribution in [2.45, 2.75) is 39.3 Å². The smallest absolute Gasteiger partial charge is 0.323 e. The molecule has 0 radical (unpaired) electrons. The predicted octanol–water partition coefficient (Wildman–Crippen LogP) is 1.08. The van der Waals surface area contributed by atoms with Crippen molar-refractivity contribution in [3.8, 4) is 6.01 Å². The summed E-state index contributed by atoms with van der Waals surface area (Å²) in [5, 5.41) is 3.14. The number of nitrogen functional groups attached to an aromatic ring is 1. The molecule has 0 aliphatic carbocycles. The van der Waals surface area contributed by atoms with Gasteiger partial charge in [0.25, 0.3) is 0 Å². The third-order valence-corrected chi connectivity index (χ3v) is 2.17. The lowest BCUT2D eigenvalue weighted by atomic mass is 10.2. The number of ether oxygens (including phenoxy) is 2. The highest BCUT2D eigenvalue weighted by atomic mass is 16.5. The molecular weight excluding hydrogens is 234 g/mol. The van der Waals surface area contributed by atoms with Crippen molar-refractivity contribution in [3.63, 3.8) is 0 Å². The van der Waals surface area contributed by atoms with Gasteiger partial charge < -0.3 is 20.5 Å². The summed E-state index contributed by atoms with van der Waals surface area (Å²) in [4.78, 5) is 12.1. The molecule has 3 N–H and O–H groups in total. The molecule has 1 heterocycles. The van der Waals surface area contributed by atoms with Crippen LogP contribution in [-0.2, 0) is 4.74 Å². The van der Waals surface area contributed by atoms with Crippen LogP contribution in [0.5, 0.6) is 6.01 Å². The Labute approximate surface area is 107 Å². The van der Waals surface area contributed by atoms with Gasteiger partial charge in [0.2, 0.25) is 11.9 Å². The van der Waals surface area contributed by atoms with Crippen LogP contribution in [0.4, 0.5) is 11.9 Å². The zero-order valence-electron chi connectivity index (χ0n) is 11.3. The summed E-state index contributed by atoms with van der Waals surface area (Å²) in [6, 6.07) is 0.357. The molecule has 0 aromatic carbocycles. The molecule has 0 amide bonds. The second kappa shape index (κ2) is 6.95. The Hall–Kier alpha value is -1.63. The number of methoxy groups -OCH3 is 1. The van der Waals surface area contributed by atoms with E-state index in [4.69, 9.17) is 15.2 Å². The number of anilines is 2. The van der Waals surface area contributed by atoms with Gasteiger partial charge in [-0.3, -0.25) is 0 Å². The Bertz CT molecular complexity index is 372. The minimum atomic E-state index is -0.0133.